The van der Waals surface area contributed by atoms with Crippen molar-refractivity contribution in [2.75, 3.05) is 13.1 Å². The van der Waals surface area contributed by atoms with E-state index in [1.807, 2.05) is 19.1 Å². The Hall–Kier alpha value is -2.88. The number of piperidine rings is 1. The predicted octanol–water partition coefficient (Wildman–Crippen LogP) is 2.17. The molecular formula is C23H26N4O2. The largest absolute Gasteiger partial charge is 0.388 e. The van der Waals surface area contributed by atoms with Crippen molar-refractivity contribution in [3.8, 4) is 12.3 Å². The summed E-state index contributed by atoms with van der Waals surface area (Å²) in [6.07, 6.45) is 8.88. The smallest absolute Gasteiger partial charge is 0.266 e. The molecule has 29 heavy (non-hydrogen) atoms. The molecule has 0 atom stereocenters. The number of aromatic nitrogens is 3. The molecule has 3 aromatic rings. The molecular weight excluding hydrogens is 364 g/mol. The van der Waals surface area contributed by atoms with Crippen molar-refractivity contribution in [2.24, 2.45) is 0 Å². The fourth-order valence-corrected chi connectivity index (χ4v) is 4.15. The second-order valence-electron chi connectivity index (χ2n) is 7.97. The molecule has 0 aliphatic carbocycles. The molecule has 0 radical (unpaired) electrons. The normalized spacial score (nSPS) is 16.7. The van der Waals surface area contributed by atoms with E-state index in [2.05, 4.69) is 38.8 Å². The van der Waals surface area contributed by atoms with Crippen LogP contribution in [-0.2, 0) is 19.6 Å². The van der Waals surface area contributed by atoms with Crippen LogP contribution in [0.4, 0.5) is 0 Å². The van der Waals surface area contributed by atoms with Gasteiger partial charge in [-0.1, -0.05) is 24.1 Å². The maximum absolute atomic E-state index is 12.0. The van der Waals surface area contributed by atoms with Gasteiger partial charge in [0.15, 0.2) is 0 Å². The molecule has 4 rings (SSSR count). The summed E-state index contributed by atoms with van der Waals surface area (Å²) in [4.78, 5) is 14.4. The molecule has 1 aliphatic rings. The van der Waals surface area contributed by atoms with Crippen LogP contribution in [0.3, 0.4) is 0 Å². The van der Waals surface area contributed by atoms with E-state index in [-0.39, 0.29) is 12.1 Å². The van der Waals surface area contributed by atoms with Crippen LogP contribution in [0.15, 0.2) is 47.4 Å². The minimum absolute atomic E-state index is 0.173. The van der Waals surface area contributed by atoms with Crippen LogP contribution in [0.2, 0.25) is 0 Å². The summed E-state index contributed by atoms with van der Waals surface area (Å²) in [5.74, 6) is 2.72. The molecule has 1 N–H and O–H groups in total. The second kappa shape index (κ2) is 7.86. The average Bonchev–Trinajstić information content (AvgIpc) is 3.05. The number of fused-ring (bicyclic) bond motifs is 1. The first-order chi connectivity index (χ1) is 14.0. The Kier molecular flexibility index (Phi) is 5.27. The summed E-state index contributed by atoms with van der Waals surface area (Å²) < 4.78 is 3.50. The van der Waals surface area contributed by atoms with Gasteiger partial charge < -0.3 is 9.67 Å². The third kappa shape index (κ3) is 4.12. The highest BCUT2D eigenvalue weighted by atomic mass is 16.3. The first-order valence-corrected chi connectivity index (χ1v) is 9.97. The van der Waals surface area contributed by atoms with Crippen LogP contribution in [0, 0.1) is 19.3 Å². The van der Waals surface area contributed by atoms with E-state index in [1.54, 1.807) is 6.07 Å². The molecule has 0 saturated carbocycles. The number of aryl methyl sites for hydroxylation is 1. The summed E-state index contributed by atoms with van der Waals surface area (Å²) in [5.41, 5.74) is 2.09. The topological polar surface area (TPSA) is 63.3 Å². The Morgan fingerprint density at radius 3 is 2.72 bits per heavy atom. The minimum atomic E-state index is -0.904. The van der Waals surface area contributed by atoms with Gasteiger partial charge in [0.1, 0.15) is 0 Å². The molecule has 1 fully saturated rings. The lowest BCUT2D eigenvalue weighted by atomic mass is 9.91. The van der Waals surface area contributed by atoms with Gasteiger partial charge in [-0.3, -0.25) is 9.69 Å². The van der Waals surface area contributed by atoms with Gasteiger partial charge in [0.05, 0.1) is 24.4 Å². The number of hydrogen-bond acceptors (Lipinski definition) is 4. The van der Waals surface area contributed by atoms with E-state index >= 15 is 0 Å². The molecule has 0 unspecified atom stereocenters. The summed E-state index contributed by atoms with van der Waals surface area (Å²) >= 11 is 0. The van der Waals surface area contributed by atoms with Crippen LogP contribution >= 0.6 is 0 Å². The van der Waals surface area contributed by atoms with Gasteiger partial charge >= 0.3 is 0 Å². The molecule has 0 spiro atoms. The molecule has 6 nitrogen and oxygen atoms in total. The first kappa shape index (κ1) is 19.4. The number of hydrogen-bond donors (Lipinski definition) is 1. The van der Waals surface area contributed by atoms with E-state index in [0.717, 1.165) is 30.8 Å². The van der Waals surface area contributed by atoms with Crippen LogP contribution in [-0.4, -0.2) is 43.0 Å². The van der Waals surface area contributed by atoms with Crippen molar-refractivity contribution >= 4 is 10.9 Å². The van der Waals surface area contributed by atoms with Gasteiger partial charge in [0.2, 0.25) is 0 Å². The maximum atomic E-state index is 12.0. The fourth-order valence-electron chi connectivity index (χ4n) is 4.15. The number of benzene rings is 1. The van der Waals surface area contributed by atoms with Gasteiger partial charge in [0, 0.05) is 42.8 Å². The Labute approximate surface area is 170 Å². The average molecular weight is 390 g/mol. The van der Waals surface area contributed by atoms with Gasteiger partial charge in [0.25, 0.3) is 5.56 Å². The van der Waals surface area contributed by atoms with E-state index in [4.69, 9.17) is 6.42 Å². The lowest BCUT2D eigenvalue weighted by Crippen LogP contribution is -2.48. The van der Waals surface area contributed by atoms with Gasteiger partial charge in [-0.25, -0.2) is 4.68 Å². The Balaban J connectivity index is 1.45. The van der Waals surface area contributed by atoms with Crippen LogP contribution in [0.1, 0.15) is 24.1 Å². The highest BCUT2D eigenvalue weighted by molar-refractivity contribution is 5.84. The molecule has 1 saturated heterocycles. The lowest BCUT2D eigenvalue weighted by Gasteiger charge is -2.38. The SMILES string of the molecule is C#CCn1cc(CN2CCC(O)(Cn3nc(C)ccc3=O)CC2)c2ccccc21. The van der Waals surface area contributed by atoms with Gasteiger partial charge in [-0.05, 0) is 37.5 Å². The summed E-state index contributed by atoms with van der Waals surface area (Å²) in [7, 11) is 0. The van der Waals surface area contributed by atoms with E-state index in [0.29, 0.717) is 19.4 Å². The Morgan fingerprint density at radius 2 is 1.97 bits per heavy atom. The molecule has 1 aromatic carbocycles. The number of likely N-dealkylation sites (tertiary alicyclic amines) is 1. The number of terminal acetylenes is 1. The minimum Gasteiger partial charge on any atom is -0.388 e. The highest BCUT2D eigenvalue weighted by Crippen LogP contribution is 2.27. The van der Waals surface area contributed by atoms with Crippen molar-refractivity contribution in [1.82, 2.24) is 19.2 Å². The zero-order chi connectivity index (χ0) is 20.4. The molecule has 3 heterocycles. The Bertz CT molecular complexity index is 1110. The van der Waals surface area contributed by atoms with Crippen molar-refractivity contribution in [1.29, 1.82) is 0 Å². The molecule has 1 aliphatic heterocycles. The summed E-state index contributed by atoms with van der Waals surface area (Å²) in [5, 5.41) is 16.5. The highest BCUT2D eigenvalue weighted by Gasteiger charge is 2.33. The molecule has 6 heteroatoms. The van der Waals surface area contributed by atoms with Crippen molar-refractivity contribution in [3.63, 3.8) is 0 Å². The van der Waals surface area contributed by atoms with Crippen LogP contribution < -0.4 is 5.56 Å². The zero-order valence-corrected chi connectivity index (χ0v) is 16.7. The number of rotatable bonds is 5. The quantitative estimate of drug-likeness (QED) is 0.678. The number of aliphatic hydroxyl groups is 1. The van der Waals surface area contributed by atoms with Crippen molar-refractivity contribution < 1.29 is 5.11 Å². The van der Waals surface area contributed by atoms with E-state index < -0.39 is 5.60 Å². The fraction of sp³-hybridized carbons (Fsp3) is 0.391. The van der Waals surface area contributed by atoms with Crippen LogP contribution in [0.25, 0.3) is 10.9 Å². The Morgan fingerprint density at radius 1 is 1.21 bits per heavy atom. The second-order valence-corrected chi connectivity index (χ2v) is 7.97. The lowest BCUT2D eigenvalue weighted by molar-refractivity contribution is -0.0390. The maximum Gasteiger partial charge on any atom is 0.266 e. The summed E-state index contributed by atoms with van der Waals surface area (Å²) in [6, 6.07) is 11.5. The third-order valence-electron chi connectivity index (χ3n) is 5.76. The summed E-state index contributed by atoms with van der Waals surface area (Å²) in [6.45, 7) is 4.99. The van der Waals surface area contributed by atoms with E-state index in [1.165, 1.54) is 21.7 Å². The first-order valence-electron chi connectivity index (χ1n) is 9.97. The van der Waals surface area contributed by atoms with Crippen LogP contribution in [0.5, 0.6) is 0 Å². The predicted molar refractivity (Wildman–Crippen MR) is 113 cm³/mol. The van der Waals surface area contributed by atoms with E-state index in [9.17, 15) is 9.90 Å². The van der Waals surface area contributed by atoms with Gasteiger partial charge in [-0.15, -0.1) is 6.42 Å². The van der Waals surface area contributed by atoms with Gasteiger partial charge in [-0.2, -0.15) is 5.10 Å². The standard InChI is InChI=1S/C23H26N4O2/c1-3-12-26-16-19(20-6-4-5-7-21(20)26)15-25-13-10-23(29,11-14-25)17-27-22(28)9-8-18(2)24-27/h1,4-9,16,29H,10-15,17H2,2H3. The number of nitrogens with zero attached hydrogens (tertiary/aromatic N) is 4. The monoisotopic (exact) mass is 390 g/mol. The molecule has 2 aromatic heterocycles. The molecule has 0 bridgehead atoms. The molecule has 150 valence electrons. The van der Waals surface area contributed by atoms with Crippen molar-refractivity contribution in [3.05, 3.63) is 64.2 Å². The zero-order valence-electron chi connectivity index (χ0n) is 16.7. The third-order valence-corrected chi connectivity index (χ3v) is 5.76. The number of para-hydroxylation sites is 1. The van der Waals surface area contributed by atoms with Crippen molar-refractivity contribution in [2.45, 2.75) is 45.0 Å². The molecule has 0 amide bonds.